The zero-order chi connectivity index (χ0) is 25.3. The Hall–Kier alpha value is -3.69. The van der Waals surface area contributed by atoms with Gasteiger partial charge in [-0.05, 0) is 75.8 Å². The summed E-state index contributed by atoms with van der Waals surface area (Å²) >= 11 is 0. The molecule has 0 bridgehead atoms. The van der Waals surface area contributed by atoms with Gasteiger partial charge in [-0.15, -0.1) is 0 Å². The number of aromatic nitrogens is 2. The Morgan fingerprint density at radius 1 is 1.06 bits per heavy atom. The fraction of sp³-hybridized carbons (Fsp3) is 0.231. The maximum atomic E-state index is 13.3. The van der Waals surface area contributed by atoms with Gasteiger partial charge < -0.3 is 9.84 Å². The molecule has 1 N–H and O–H groups in total. The molecule has 2 aromatic heterocycles. The molecule has 0 fully saturated rings. The van der Waals surface area contributed by atoms with Gasteiger partial charge in [0.25, 0.3) is 10.0 Å². The van der Waals surface area contributed by atoms with Crippen LogP contribution in [-0.4, -0.2) is 53.5 Å². The van der Waals surface area contributed by atoms with Crippen molar-refractivity contribution in [3.63, 3.8) is 0 Å². The fourth-order valence-corrected chi connectivity index (χ4v) is 5.27. The van der Waals surface area contributed by atoms with Crippen molar-refractivity contribution < 1.29 is 23.1 Å². The van der Waals surface area contributed by atoms with Gasteiger partial charge in [0, 0.05) is 12.4 Å². The van der Waals surface area contributed by atoms with Crippen molar-refractivity contribution in [3.8, 4) is 11.5 Å². The molecular formula is C26H27N3O5S. The Balaban J connectivity index is 1.65. The van der Waals surface area contributed by atoms with Crippen LogP contribution in [0.15, 0.2) is 71.9 Å². The van der Waals surface area contributed by atoms with Crippen LogP contribution in [0.1, 0.15) is 16.7 Å². The zero-order valence-electron chi connectivity index (χ0n) is 20.0. The summed E-state index contributed by atoms with van der Waals surface area (Å²) in [5, 5.41) is 10.0. The summed E-state index contributed by atoms with van der Waals surface area (Å²) in [6.07, 6.45) is 3.43. The first-order valence-corrected chi connectivity index (χ1v) is 12.5. The van der Waals surface area contributed by atoms with Crippen LogP contribution in [0.3, 0.4) is 0 Å². The van der Waals surface area contributed by atoms with E-state index in [0.29, 0.717) is 28.9 Å². The number of aryl methyl sites for hydroxylation is 2. The van der Waals surface area contributed by atoms with Crippen LogP contribution in [0.2, 0.25) is 0 Å². The highest BCUT2D eigenvalue weighted by Crippen LogP contribution is 2.34. The van der Waals surface area contributed by atoms with Crippen LogP contribution in [0.4, 0.5) is 0 Å². The summed E-state index contributed by atoms with van der Waals surface area (Å²) in [4.78, 5) is 17.7. The van der Waals surface area contributed by atoms with E-state index in [4.69, 9.17) is 4.74 Å². The Labute approximate surface area is 204 Å². The van der Waals surface area contributed by atoms with Gasteiger partial charge in [0.2, 0.25) is 0 Å². The molecular weight excluding hydrogens is 466 g/mol. The summed E-state index contributed by atoms with van der Waals surface area (Å²) in [7, 11) is -0.367. The third-order valence-electron chi connectivity index (χ3n) is 5.87. The van der Waals surface area contributed by atoms with Gasteiger partial charge in [0.1, 0.15) is 17.5 Å². The average Bonchev–Trinajstić information content (AvgIpc) is 3.16. The van der Waals surface area contributed by atoms with Gasteiger partial charge in [-0.25, -0.2) is 17.4 Å². The first-order valence-electron chi connectivity index (χ1n) is 11.0. The van der Waals surface area contributed by atoms with Crippen LogP contribution >= 0.6 is 0 Å². The average molecular weight is 494 g/mol. The van der Waals surface area contributed by atoms with Gasteiger partial charge in [0.15, 0.2) is 5.65 Å². The topological polar surface area (TPSA) is 102 Å². The van der Waals surface area contributed by atoms with E-state index in [-0.39, 0.29) is 10.5 Å². The van der Waals surface area contributed by atoms with E-state index in [2.05, 4.69) is 4.98 Å². The number of ether oxygens (including phenoxy) is 1. The lowest BCUT2D eigenvalue weighted by molar-refractivity contribution is -0.142. The second-order valence-electron chi connectivity index (χ2n) is 8.70. The summed E-state index contributed by atoms with van der Waals surface area (Å²) in [6.45, 7) is 3.71. The molecule has 9 heteroatoms. The molecule has 0 radical (unpaired) electrons. The largest absolute Gasteiger partial charge is 0.480 e. The van der Waals surface area contributed by atoms with Crippen LogP contribution < -0.4 is 4.74 Å². The zero-order valence-corrected chi connectivity index (χ0v) is 20.8. The number of likely N-dealkylation sites (N-methyl/N-ethyl adjacent to an activating group) is 1. The quantitative estimate of drug-likeness (QED) is 0.392. The molecule has 2 heterocycles. The Morgan fingerprint density at radius 3 is 2.31 bits per heavy atom. The van der Waals surface area contributed by atoms with Crippen LogP contribution in [-0.2, 0) is 21.2 Å². The fourth-order valence-electron chi connectivity index (χ4n) is 3.90. The van der Waals surface area contributed by atoms with Gasteiger partial charge in [-0.2, -0.15) is 0 Å². The molecule has 0 aliphatic rings. The minimum atomic E-state index is -3.84. The lowest BCUT2D eigenvalue weighted by atomic mass is 10.1. The monoisotopic (exact) mass is 493 g/mol. The number of carboxylic acids is 1. The predicted molar refractivity (Wildman–Crippen MR) is 134 cm³/mol. The second-order valence-corrected chi connectivity index (χ2v) is 10.5. The van der Waals surface area contributed by atoms with E-state index in [1.54, 1.807) is 67.7 Å². The minimum Gasteiger partial charge on any atom is -0.480 e. The highest BCUT2D eigenvalue weighted by Gasteiger charge is 2.23. The summed E-state index contributed by atoms with van der Waals surface area (Å²) in [6, 6.07) is 14.9. The van der Waals surface area contributed by atoms with Gasteiger partial charge in [-0.1, -0.05) is 29.8 Å². The molecule has 0 spiro atoms. The molecule has 8 nitrogen and oxygen atoms in total. The van der Waals surface area contributed by atoms with Crippen molar-refractivity contribution in [2.24, 2.45) is 0 Å². The van der Waals surface area contributed by atoms with Crippen molar-refractivity contribution in [1.29, 1.82) is 0 Å². The number of nitrogens with zero attached hydrogens (tertiary/aromatic N) is 3. The van der Waals surface area contributed by atoms with E-state index < -0.39 is 22.0 Å². The second kappa shape index (κ2) is 9.52. The lowest BCUT2D eigenvalue weighted by Crippen LogP contribution is -2.37. The third-order valence-corrected chi connectivity index (χ3v) is 7.54. The van der Waals surface area contributed by atoms with Crippen LogP contribution in [0.5, 0.6) is 11.5 Å². The third kappa shape index (κ3) is 4.91. The molecule has 0 aliphatic carbocycles. The first-order chi connectivity index (χ1) is 16.6. The standard InChI is InChI=1S/C26H27N3O5S/c1-17-5-11-21(12-6-17)35(32,33)29-16-18(2)24-23(13-14-27-25(24)29)34-20-9-7-19(8-10-20)15-22(26(30)31)28(3)4/h5-14,16,22H,15H2,1-4H3,(H,30,31)/t22-/m0/s1. The van der Waals surface area contributed by atoms with Gasteiger partial charge in [0.05, 0.1) is 10.3 Å². The molecule has 0 saturated heterocycles. The first kappa shape index (κ1) is 24.4. The summed E-state index contributed by atoms with van der Waals surface area (Å²) in [5.41, 5.74) is 2.83. The Morgan fingerprint density at radius 2 is 1.71 bits per heavy atom. The highest BCUT2D eigenvalue weighted by molar-refractivity contribution is 7.90. The molecule has 1 atom stereocenters. The number of carboxylic acid groups (broad SMARTS) is 1. The molecule has 0 aliphatic heterocycles. The number of hydrogen-bond donors (Lipinski definition) is 1. The Kier molecular flexibility index (Phi) is 6.64. The number of carbonyl (C=O) groups is 1. The molecule has 4 rings (SSSR count). The predicted octanol–water partition coefficient (Wildman–Crippen LogP) is 4.24. The van der Waals surface area contributed by atoms with Crippen LogP contribution in [0.25, 0.3) is 11.0 Å². The van der Waals surface area contributed by atoms with Crippen molar-refractivity contribution >= 4 is 27.0 Å². The van der Waals surface area contributed by atoms with E-state index in [0.717, 1.165) is 11.1 Å². The number of rotatable bonds is 8. The smallest absolute Gasteiger partial charge is 0.321 e. The van der Waals surface area contributed by atoms with Crippen molar-refractivity contribution in [2.45, 2.75) is 31.2 Å². The number of aliphatic carboxylic acids is 1. The molecule has 0 amide bonds. The number of fused-ring (bicyclic) bond motifs is 1. The number of hydrogen-bond acceptors (Lipinski definition) is 6. The number of benzene rings is 2. The van der Waals surface area contributed by atoms with Gasteiger partial charge >= 0.3 is 5.97 Å². The Bertz CT molecular complexity index is 1470. The maximum absolute atomic E-state index is 13.3. The molecule has 0 saturated carbocycles. The molecule has 2 aromatic carbocycles. The minimum absolute atomic E-state index is 0.182. The summed E-state index contributed by atoms with van der Waals surface area (Å²) < 4.78 is 33.9. The van der Waals surface area contributed by atoms with Crippen LogP contribution in [0, 0.1) is 13.8 Å². The highest BCUT2D eigenvalue weighted by atomic mass is 32.2. The van der Waals surface area contributed by atoms with E-state index in [9.17, 15) is 18.3 Å². The van der Waals surface area contributed by atoms with E-state index in [1.165, 1.54) is 10.2 Å². The van der Waals surface area contributed by atoms with Crippen molar-refractivity contribution in [1.82, 2.24) is 13.9 Å². The van der Waals surface area contributed by atoms with Crippen molar-refractivity contribution in [3.05, 3.63) is 83.7 Å². The number of pyridine rings is 1. The molecule has 0 unspecified atom stereocenters. The normalized spacial score (nSPS) is 12.7. The molecule has 182 valence electrons. The van der Waals surface area contributed by atoms with Gasteiger partial charge in [-0.3, -0.25) is 9.69 Å². The van der Waals surface area contributed by atoms with Crippen molar-refractivity contribution in [2.75, 3.05) is 14.1 Å². The van der Waals surface area contributed by atoms with E-state index in [1.807, 2.05) is 26.0 Å². The van der Waals surface area contributed by atoms with E-state index >= 15 is 0 Å². The summed E-state index contributed by atoms with van der Waals surface area (Å²) in [5.74, 6) is 0.149. The lowest BCUT2D eigenvalue weighted by Gasteiger charge is -2.20. The SMILES string of the molecule is Cc1ccc(S(=O)(=O)n2cc(C)c3c(Oc4ccc(C[C@@H](C(=O)O)N(C)C)cc4)ccnc32)cc1. The molecule has 4 aromatic rings. The molecule has 35 heavy (non-hydrogen) atoms. The maximum Gasteiger partial charge on any atom is 0.321 e.